The molecular weight excluding hydrogens is 327 g/mol. The summed E-state index contributed by atoms with van der Waals surface area (Å²) in [5.41, 5.74) is 5.13. The van der Waals surface area contributed by atoms with Crippen molar-refractivity contribution in [2.75, 3.05) is 31.5 Å². The highest BCUT2D eigenvalue weighted by Gasteiger charge is 2.38. The molecule has 2 fully saturated rings. The summed E-state index contributed by atoms with van der Waals surface area (Å²) in [6.07, 6.45) is 2.84. The maximum absolute atomic E-state index is 13.5. The molecule has 2 saturated heterocycles. The fourth-order valence-corrected chi connectivity index (χ4v) is 3.54. The number of amides is 3. The smallest absolute Gasteiger partial charge is 0.321 e. The summed E-state index contributed by atoms with van der Waals surface area (Å²) in [6, 6.07) is 3.23. The predicted molar refractivity (Wildman–Crippen MR) is 90.7 cm³/mol. The number of aliphatic hydroxyl groups is 1. The van der Waals surface area contributed by atoms with E-state index in [1.807, 2.05) is 0 Å². The minimum Gasteiger partial charge on any atom is -0.390 e. The molecule has 0 unspecified atom stereocenters. The van der Waals surface area contributed by atoms with Gasteiger partial charge in [-0.3, -0.25) is 9.69 Å². The van der Waals surface area contributed by atoms with Gasteiger partial charge in [-0.05, 0) is 44.1 Å². The van der Waals surface area contributed by atoms with E-state index in [2.05, 4.69) is 10.2 Å². The Morgan fingerprint density at radius 3 is 2.60 bits per heavy atom. The van der Waals surface area contributed by atoms with Gasteiger partial charge >= 0.3 is 6.03 Å². The van der Waals surface area contributed by atoms with Crippen molar-refractivity contribution >= 4 is 17.6 Å². The van der Waals surface area contributed by atoms with Gasteiger partial charge in [0, 0.05) is 12.2 Å². The van der Waals surface area contributed by atoms with Crippen molar-refractivity contribution in [1.82, 2.24) is 9.80 Å². The number of aliphatic hydroxyl groups excluding tert-OH is 1. The van der Waals surface area contributed by atoms with Crippen LogP contribution in [0, 0.1) is 5.82 Å². The third-order valence-corrected chi connectivity index (χ3v) is 4.89. The van der Waals surface area contributed by atoms with E-state index in [4.69, 9.17) is 5.73 Å². The normalized spacial score (nSPS) is 24.3. The number of primary amides is 1. The molecule has 1 aromatic rings. The molecule has 136 valence electrons. The van der Waals surface area contributed by atoms with E-state index in [0.717, 1.165) is 32.0 Å². The van der Waals surface area contributed by atoms with Crippen molar-refractivity contribution in [3.8, 4) is 0 Å². The molecule has 2 aliphatic rings. The number of benzene rings is 1. The number of carbonyl (C=O) groups is 2. The number of nitrogens with two attached hydrogens (primary N) is 1. The first kappa shape index (κ1) is 17.6. The number of rotatable bonds is 3. The van der Waals surface area contributed by atoms with Gasteiger partial charge < -0.3 is 21.1 Å². The molecule has 0 saturated carbocycles. The molecule has 2 heterocycles. The molecule has 1 aromatic carbocycles. The number of β-amino-alcohol motifs (C(OH)–C–C–N with tert-alkyl or cyclic N) is 1. The van der Waals surface area contributed by atoms with Gasteiger partial charge in [-0.15, -0.1) is 0 Å². The standard InChI is InChI=1S/C17H23FN4O3/c18-13-5-4-11(8-12(13)16(19)24)20-17(25)22-9-14(15(23)10-22)21-6-2-1-3-7-21/h4-5,8,14-15,23H,1-3,6-7,9-10H2,(H2,19,24)(H,20,25)/t14-,15-/m0/s1. The SMILES string of the molecule is NC(=O)c1cc(NC(=O)N2C[C@H](O)[C@@H](N3CCCCC3)C2)ccc1F. The van der Waals surface area contributed by atoms with Gasteiger partial charge in [-0.25, -0.2) is 9.18 Å². The molecule has 25 heavy (non-hydrogen) atoms. The molecular formula is C17H23FN4O3. The van der Waals surface area contributed by atoms with E-state index in [9.17, 15) is 19.1 Å². The fraction of sp³-hybridized carbons (Fsp3) is 0.529. The highest BCUT2D eigenvalue weighted by atomic mass is 19.1. The number of carbonyl (C=O) groups excluding carboxylic acids is 2. The molecule has 3 rings (SSSR count). The number of urea groups is 1. The average molecular weight is 350 g/mol. The van der Waals surface area contributed by atoms with Gasteiger partial charge in [0.1, 0.15) is 5.82 Å². The Kier molecular flexibility index (Phi) is 5.19. The topological polar surface area (TPSA) is 98.9 Å². The van der Waals surface area contributed by atoms with Gasteiger partial charge in [-0.2, -0.15) is 0 Å². The second-order valence-electron chi connectivity index (χ2n) is 6.63. The highest BCUT2D eigenvalue weighted by molar-refractivity contribution is 5.96. The maximum atomic E-state index is 13.5. The van der Waals surface area contributed by atoms with Crippen molar-refractivity contribution in [2.45, 2.75) is 31.4 Å². The zero-order valence-corrected chi connectivity index (χ0v) is 13.9. The summed E-state index contributed by atoms with van der Waals surface area (Å²) in [5.74, 6) is -1.62. The van der Waals surface area contributed by atoms with Crippen LogP contribution < -0.4 is 11.1 Å². The van der Waals surface area contributed by atoms with Crippen molar-refractivity contribution < 1.29 is 19.1 Å². The van der Waals surface area contributed by atoms with Gasteiger partial charge in [0.15, 0.2) is 0 Å². The average Bonchev–Trinajstić information content (AvgIpc) is 2.99. The minimum atomic E-state index is -0.893. The lowest BCUT2D eigenvalue weighted by molar-refractivity contribution is 0.0706. The van der Waals surface area contributed by atoms with Crippen LogP contribution in [-0.4, -0.2) is 65.2 Å². The van der Waals surface area contributed by atoms with Crippen LogP contribution >= 0.6 is 0 Å². The van der Waals surface area contributed by atoms with Gasteiger partial charge in [-0.1, -0.05) is 6.42 Å². The molecule has 2 atom stereocenters. The van der Waals surface area contributed by atoms with E-state index >= 15 is 0 Å². The number of hydrogen-bond acceptors (Lipinski definition) is 4. The summed E-state index contributed by atoms with van der Waals surface area (Å²) in [5, 5.41) is 12.9. The Balaban J connectivity index is 1.64. The Bertz CT molecular complexity index is 663. The molecule has 4 N–H and O–H groups in total. The van der Waals surface area contributed by atoms with Crippen molar-refractivity contribution in [3.05, 3.63) is 29.6 Å². The molecule has 7 nitrogen and oxygen atoms in total. The lowest BCUT2D eigenvalue weighted by Crippen LogP contribution is -2.46. The predicted octanol–water partition coefficient (Wildman–Crippen LogP) is 0.987. The first-order valence-corrected chi connectivity index (χ1v) is 8.53. The first-order valence-electron chi connectivity index (χ1n) is 8.53. The first-order chi connectivity index (χ1) is 12.0. The largest absolute Gasteiger partial charge is 0.390 e. The van der Waals surface area contributed by atoms with Crippen LogP contribution in [0.5, 0.6) is 0 Å². The van der Waals surface area contributed by atoms with Crippen LogP contribution in [0.2, 0.25) is 0 Å². The summed E-state index contributed by atoms with van der Waals surface area (Å²) in [4.78, 5) is 27.4. The van der Waals surface area contributed by atoms with E-state index in [1.165, 1.54) is 23.5 Å². The van der Waals surface area contributed by atoms with Crippen molar-refractivity contribution in [3.63, 3.8) is 0 Å². The molecule has 0 bridgehead atoms. The summed E-state index contributed by atoms with van der Waals surface area (Å²) >= 11 is 0. The second kappa shape index (κ2) is 7.37. The van der Waals surface area contributed by atoms with Crippen LogP contribution in [0.1, 0.15) is 29.6 Å². The second-order valence-corrected chi connectivity index (χ2v) is 6.63. The van der Waals surface area contributed by atoms with Crippen molar-refractivity contribution in [2.24, 2.45) is 5.73 Å². The number of piperidine rings is 1. The minimum absolute atomic E-state index is 0.0551. The van der Waals surface area contributed by atoms with Gasteiger partial charge in [0.05, 0.1) is 24.3 Å². The number of halogens is 1. The molecule has 2 aliphatic heterocycles. The number of likely N-dealkylation sites (tertiary alicyclic amines) is 2. The molecule has 0 spiro atoms. The third kappa shape index (κ3) is 3.91. The van der Waals surface area contributed by atoms with Gasteiger partial charge in [0.2, 0.25) is 0 Å². The van der Waals surface area contributed by atoms with Crippen LogP contribution in [0.25, 0.3) is 0 Å². The Hall–Kier alpha value is -2.19. The number of nitrogens with zero attached hydrogens (tertiary/aromatic N) is 2. The van der Waals surface area contributed by atoms with Gasteiger partial charge in [0.25, 0.3) is 5.91 Å². The van der Waals surface area contributed by atoms with E-state index < -0.39 is 17.8 Å². The number of nitrogens with one attached hydrogen (secondary N) is 1. The number of anilines is 1. The molecule has 0 radical (unpaired) electrons. The van der Waals surface area contributed by atoms with Crippen LogP contribution in [0.3, 0.4) is 0 Å². The zero-order valence-electron chi connectivity index (χ0n) is 13.9. The lowest BCUT2D eigenvalue weighted by Gasteiger charge is -2.33. The quantitative estimate of drug-likeness (QED) is 0.757. The molecule has 0 aliphatic carbocycles. The number of hydrogen-bond donors (Lipinski definition) is 3. The Labute approximate surface area is 145 Å². The Morgan fingerprint density at radius 2 is 1.92 bits per heavy atom. The third-order valence-electron chi connectivity index (χ3n) is 4.89. The maximum Gasteiger partial charge on any atom is 0.321 e. The monoisotopic (exact) mass is 350 g/mol. The highest BCUT2D eigenvalue weighted by Crippen LogP contribution is 2.22. The molecule has 8 heteroatoms. The van der Waals surface area contributed by atoms with Crippen LogP contribution in [-0.2, 0) is 0 Å². The van der Waals surface area contributed by atoms with E-state index in [-0.39, 0.29) is 29.9 Å². The molecule has 3 amide bonds. The Morgan fingerprint density at radius 1 is 1.20 bits per heavy atom. The van der Waals surface area contributed by atoms with Crippen LogP contribution in [0.15, 0.2) is 18.2 Å². The zero-order chi connectivity index (χ0) is 18.0. The lowest BCUT2D eigenvalue weighted by atomic mass is 10.1. The van der Waals surface area contributed by atoms with Crippen molar-refractivity contribution in [1.29, 1.82) is 0 Å². The summed E-state index contributed by atoms with van der Waals surface area (Å²) in [7, 11) is 0. The van der Waals surface area contributed by atoms with E-state index in [1.54, 1.807) is 0 Å². The fourth-order valence-electron chi connectivity index (χ4n) is 3.54. The van der Waals surface area contributed by atoms with E-state index in [0.29, 0.717) is 6.54 Å². The summed E-state index contributed by atoms with van der Waals surface area (Å²) < 4.78 is 13.5. The molecule has 0 aromatic heterocycles. The summed E-state index contributed by atoms with van der Waals surface area (Å²) in [6.45, 7) is 2.57. The van der Waals surface area contributed by atoms with Crippen LogP contribution in [0.4, 0.5) is 14.9 Å².